The molecule has 2 aromatic rings. The van der Waals surface area contributed by atoms with Crippen molar-refractivity contribution in [3.05, 3.63) is 32.3 Å². The number of anilines is 1. The molecule has 0 aliphatic heterocycles. The first-order valence-corrected chi connectivity index (χ1v) is 9.43. The molecule has 2 aromatic heterocycles. The summed E-state index contributed by atoms with van der Waals surface area (Å²) in [6, 6.07) is 0. The summed E-state index contributed by atoms with van der Waals surface area (Å²) >= 11 is 1.06. The van der Waals surface area contributed by atoms with Gasteiger partial charge in [-0.15, -0.1) is 10.2 Å². The van der Waals surface area contributed by atoms with E-state index < -0.39 is 17.0 Å². The molecule has 0 amide bonds. The van der Waals surface area contributed by atoms with Crippen LogP contribution in [0.1, 0.15) is 54.3 Å². The van der Waals surface area contributed by atoms with Gasteiger partial charge in [0.05, 0.1) is 5.75 Å². The molecule has 2 heterocycles. The second-order valence-electron chi connectivity index (χ2n) is 6.42. The minimum atomic E-state index is -0.704. The number of ketones is 1. The van der Waals surface area contributed by atoms with Crippen LogP contribution in [0.3, 0.4) is 0 Å². The average Bonchev–Trinajstić information content (AvgIpc) is 3.13. The summed E-state index contributed by atoms with van der Waals surface area (Å²) in [7, 11) is 2.72. The van der Waals surface area contributed by atoms with Gasteiger partial charge >= 0.3 is 5.69 Å². The lowest BCUT2D eigenvalue weighted by atomic mass is 9.89. The molecule has 0 unspecified atom stereocenters. The van der Waals surface area contributed by atoms with E-state index in [1.165, 1.54) is 20.5 Å². The van der Waals surface area contributed by atoms with Crippen LogP contribution in [0.5, 0.6) is 0 Å². The Morgan fingerprint density at radius 2 is 1.88 bits per heavy atom. The van der Waals surface area contributed by atoms with E-state index in [9.17, 15) is 14.4 Å². The number of rotatable bonds is 5. The predicted octanol–water partition coefficient (Wildman–Crippen LogP) is 1.07. The molecule has 1 aliphatic rings. The number of nitrogens with two attached hydrogens (primary N) is 1. The van der Waals surface area contributed by atoms with Gasteiger partial charge in [0.25, 0.3) is 10.8 Å². The van der Waals surface area contributed by atoms with E-state index >= 15 is 0 Å². The van der Waals surface area contributed by atoms with Gasteiger partial charge in [0.1, 0.15) is 11.4 Å². The molecule has 1 fully saturated rings. The second-order valence-corrected chi connectivity index (χ2v) is 7.35. The van der Waals surface area contributed by atoms with Crippen molar-refractivity contribution in [3.8, 4) is 0 Å². The Balaban J connectivity index is 1.73. The lowest BCUT2D eigenvalue weighted by molar-refractivity contribution is 0.102. The Morgan fingerprint density at radius 1 is 1.19 bits per heavy atom. The van der Waals surface area contributed by atoms with Crippen LogP contribution in [0.25, 0.3) is 0 Å². The van der Waals surface area contributed by atoms with E-state index in [0.29, 0.717) is 11.1 Å². The van der Waals surface area contributed by atoms with E-state index in [4.69, 9.17) is 10.2 Å². The highest BCUT2D eigenvalue weighted by atomic mass is 32.2. The summed E-state index contributed by atoms with van der Waals surface area (Å²) < 4.78 is 7.59. The number of carbonyl (C=O) groups is 1. The summed E-state index contributed by atoms with van der Waals surface area (Å²) in [5.41, 5.74) is 4.31. The van der Waals surface area contributed by atoms with Crippen LogP contribution in [0, 0.1) is 0 Å². The highest BCUT2D eigenvalue weighted by Gasteiger charge is 2.23. The van der Waals surface area contributed by atoms with Gasteiger partial charge in [-0.3, -0.25) is 18.7 Å². The van der Waals surface area contributed by atoms with Crippen molar-refractivity contribution in [2.75, 3.05) is 11.5 Å². The van der Waals surface area contributed by atoms with Crippen molar-refractivity contribution < 1.29 is 9.21 Å². The Kier molecular flexibility index (Phi) is 5.30. The monoisotopic (exact) mass is 379 g/mol. The fraction of sp³-hybridized carbons (Fsp3) is 0.562. The third kappa shape index (κ3) is 3.46. The van der Waals surface area contributed by atoms with Crippen molar-refractivity contribution in [3.63, 3.8) is 0 Å². The van der Waals surface area contributed by atoms with Gasteiger partial charge in [0.2, 0.25) is 5.89 Å². The quantitative estimate of drug-likeness (QED) is 0.604. The minimum Gasteiger partial charge on any atom is -0.416 e. The highest BCUT2D eigenvalue weighted by Crippen LogP contribution is 2.33. The van der Waals surface area contributed by atoms with E-state index in [2.05, 4.69) is 10.2 Å². The first-order chi connectivity index (χ1) is 12.4. The molecule has 2 N–H and O–H groups in total. The Bertz CT molecular complexity index is 939. The summed E-state index contributed by atoms with van der Waals surface area (Å²) in [6.45, 7) is 0. The Labute approximate surface area is 153 Å². The molecule has 1 aliphatic carbocycles. The fourth-order valence-corrected chi connectivity index (χ4v) is 3.76. The zero-order valence-corrected chi connectivity index (χ0v) is 15.5. The standard InChI is InChI=1S/C16H21N5O4S/c1-20-12(17)11(14(23)21(2)16(20)24)10(22)8-26-15-19-18-13(25-15)9-6-4-3-5-7-9/h9H,3-8,17H2,1-2H3. The number of nitrogens with zero attached hydrogens (tertiary/aromatic N) is 4. The molecular formula is C16H21N5O4S. The zero-order valence-electron chi connectivity index (χ0n) is 14.7. The zero-order chi connectivity index (χ0) is 18.8. The van der Waals surface area contributed by atoms with Gasteiger partial charge in [-0.05, 0) is 12.8 Å². The molecule has 0 bridgehead atoms. The van der Waals surface area contributed by atoms with Crippen LogP contribution in [-0.2, 0) is 14.1 Å². The normalized spacial score (nSPS) is 15.3. The van der Waals surface area contributed by atoms with Gasteiger partial charge in [0.15, 0.2) is 5.78 Å². The molecule has 0 saturated heterocycles. The predicted molar refractivity (Wildman–Crippen MR) is 96.5 cm³/mol. The van der Waals surface area contributed by atoms with E-state index in [1.54, 1.807) is 0 Å². The Morgan fingerprint density at radius 3 is 2.58 bits per heavy atom. The van der Waals surface area contributed by atoms with Crippen LogP contribution in [0.15, 0.2) is 19.2 Å². The SMILES string of the molecule is Cn1c(N)c(C(=O)CSc2nnc(C3CCCCC3)o2)c(=O)n(C)c1=O. The van der Waals surface area contributed by atoms with Crippen LogP contribution < -0.4 is 17.0 Å². The second kappa shape index (κ2) is 7.48. The van der Waals surface area contributed by atoms with Crippen molar-refractivity contribution in [1.29, 1.82) is 0 Å². The number of nitrogen functional groups attached to an aromatic ring is 1. The van der Waals surface area contributed by atoms with Crippen LogP contribution >= 0.6 is 11.8 Å². The summed E-state index contributed by atoms with van der Waals surface area (Å²) in [5.74, 6) is 0.188. The maximum Gasteiger partial charge on any atom is 0.332 e. The van der Waals surface area contributed by atoms with E-state index in [0.717, 1.165) is 46.6 Å². The van der Waals surface area contributed by atoms with Crippen LogP contribution in [0.2, 0.25) is 0 Å². The molecule has 26 heavy (non-hydrogen) atoms. The maximum absolute atomic E-state index is 12.5. The molecule has 9 nitrogen and oxygen atoms in total. The summed E-state index contributed by atoms with van der Waals surface area (Å²) in [4.78, 5) is 36.5. The number of carbonyl (C=O) groups excluding carboxylic acids is 1. The third-order valence-corrected chi connectivity index (χ3v) is 5.51. The molecule has 0 aromatic carbocycles. The molecule has 0 spiro atoms. The topological polar surface area (TPSA) is 126 Å². The maximum atomic E-state index is 12.5. The molecule has 10 heteroatoms. The van der Waals surface area contributed by atoms with Gasteiger partial charge in [-0.25, -0.2) is 4.79 Å². The summed E-state index contributed by atoms with van der Waals surface area (Å²) in [6.07, 6.45) is 5.62. The fourth-order valence-electron chi connectivity index (χ4n) is 3.11. The van der Waals surface area contributed by atoms with Crippen molar-refractivity contribution in [2.24, 2.45) is 14.1 Å². The Hall–Kier alpha value is -2.36. The van der Waals surface area contributed by atoms with E-state index in [1.807, 2.05) is 0 Å². The van der Waals surface area contributed by atoms with Gasteiger partial charge < -0.3 is 10.2 Å². The average molecular weight is 379 g/mol. The molecular weight excluding hydrogens is 358 g/mol. The van der Waals surface area contributed by atoms with E-state index in [-0.39, 0.29) is 23.1 Å². The lowest BCUT2D eigenvalue weighted by Crippen LogP contribution is -2.41. The smallest absolute Gasteiger partial charge is 0.332 e. The number of Topliss-reactive ketones (excluding diaryl/α,β-unsaturated/α-hetero) is 1. The highest BCUT2D eigenvalue weighted by molar-refractivity contribution is 7.99. The number of aromatic nitrogens is 4. The largest absolute Gasteiger partial charge is 0.416 e. The van der Waals surface area contributed by atoms with Crippen LogP contribution in [-0.4, -0.2) is 30.9 Å². The first-order valence-electron chi connectivity index (χ1n) is 8.45. The van der Waals surface area contributed by atoms with Gasteiger partial charge in [0, 0.05) is 20.0 Å². The number of hydrogen-bond donors (Lipinski definition) is 1. The van der Waals surface area contributed by atoms with Crippen LogP contribution in [0.4, 0.5) is 5.82 Å². The molecule has 140 valence electrons. The van der Waals surface area contributed by atoms with Crippen molar-refractivity contribution >= 4 is 23.4 Å². The molecule has 1 saturated carbocycles. The number of thioether (sulfide) groups is 1. The van der Waals surface area contributed by atoms with Crippen molar-refractivity contribution in [1.82, 2.24) is 19.3 Å². The lowest BCUT2D eigenvalue weighted by Gasteiger charge is -2.17. The van der Waals surface area contributed by atoms with Gasteiger partial charge in [-0.2, -0.15) is 0 Å². The molecule has 0 radical (unpaired) electrons. The molecule has 3 rings (SSSR count). The first kappa shape index (κ1) is 18.4. The van der Waals surface area contributed by atoms with Gasteiger partial charge in [-0.1, -0.05) is 31.0 Å². The number of hydrogen-bond acceptors (Lipinski definition) is 8. The van der Waals surface area contributed by atoms with Crippen molar-refractivity contribution in [2.45, 2.75) is 43.2 Å². The molecule has 0 atom stereocenters. The minimum absolute atomic E-state index is 0.0794. The summed E-state index contributed by atoms with van der Waals surface area (Å²) in [5, 5.41) is 8.35. The third-order valence-electron chi connectivity index (χ3n) is 4.69.